The van der Waals surface area contributed by atoms with Crippen molar-refractivity contribution in [3.8, 4) is 11.1 Å². The van der Waals surface area contributed by atoms with Crippen LogP contribution in [-0.2, 0) is 23.1 Å². The van der Waals surface area contributed by atoms with Crippen molar-refractivity contribution in [1.29, 1.82) is 0 Å². The molecule has 0 saturated carbocycles. The summed E-state index contributed by atoms with van der Waals surface area (Å²) in [4.78, 5) is 29.7. The first kappa shape index (κ1) is 24.9. The molecular weight excluding hydrogens is 465 g/mol. The molecule has 0 aliphatic carbocycles. The smallest absolute Gasteiger partial charge is 0.480 e. The predicted octanol–water partition coefficient (Wildman–Crippen LogP) is 3.51. The Bertz CT molecular complexity index is 1260. The fourth-order valence-electron chi connectivity index (χ4n) is 4.70. The van der Waals surface area contributed by atoms with Crippen LogP contribution in [0.3, 0.4) is 0 Å². The van der Waals surface area contributed by atoms with E-state index in [0.29, 0.717) is 48.4 Å². The van der Waals surface area contributed by atoms with Crippen molar-refractivity contribution in [2.75, 3.05) is 26.2 Å². The summed E-state index contributed by atoms with van der Waals surface area (Å²) in [6, 6.07) is 7.37. The highest BCUT2D eigenvalue weighted by molar-refractivity contribution is 5.83. The molecule has 35 heavy (non-hydrogen) atoms. The molecule has 8 nitrogen and oxygen atoms in total. The minimum Gasteiger partial charge on any atom is -0.480 e. The molecular formula is C24H27F3N4O4. The van der Waals surface area contributed by atoms with Crippen molar-refractivity contribution < 1.29 is 27.8 Å². The third-order valence-electron chi connectivity index (χ3n) is 6.37. The molecule has 188 valence electrons. The second kappa shape index (κ2) is 9.82. The average Bonchev–Trinajstić information content (AvgIpc) is 3.14. The summed E-state index contributed by atoms with van der Waals surface area (Å²) in [6.07, 6.45) is -1.69. The first-order valence-corrected chi connectivity index (χ1v) is 11.3. The van der Waals surface area contributed by atoms with Crippen LogP contribution in [0.5, 0.6) is 0 Å². The summed E-state index contributed by atoms with van der Waals surface area (Å²) < 4.78 is 45.3. The number of carboxylic acids is 1. The Balaban J connectivity index is 1.70. The van der Waals surface area contributed by atoms with Crippen LogP contribution in [0.2, 0.25) is 0 Å². The molecule has 4 rings (SSSR count). The van der Waals surface area contributed by atoms with Gasteiger partial charge in [0.2, 0.25) is 0 Å². The van der Waals surface area contributed by atoms with Gasteiger partial charge in [0.15, 0.2) is 0 Å². The normalized spacial score (nSPS) is 15.7. The van der Waals surface area contributed by atoms with Gasteiger partial charge in [-0.25, -0.2) is 4.98 Å². The summed E-state index contributed by atoms with van der Waals surface area (Å²) in [5.41, 5.74) is 3.46. The highest BCUT2D eigenvalue weighted by Crippen LogP contribution is 2.32. The van der Waals surface area contributed by atoms with E-state index in [1.807, 2.05) is 23.1 Å². The van der Waals surface area contributed by atoms with Gasteiger partial charge >= 0.3 is 12.3 Å². The number of hydrogen-bond acceptors (Lipinski definition) is 5. The van der Waals surface area contributed by atoms with Crippen molar-refractivity contribution in [3.63, 3.8) is 0 Å². The van der Waals surface area contributed by atoms with Gasteiger partial charge < -0.3 is 14.2 Å². The van der Waals surface area contributed by atoms with Gasteiger partial charge in [-0.2, -0.15) is 0 Å². The molecule has 0 spiro atoms. The summed E-state index contributed by atoms with van der Waals surface area (Å²) in [7, 11) is 1.67. The van der Waals surface area contributed by atoms with Crippen LogP contribution in [0, 0.1) is 6.92 Å². The van der Waals surface area contributed by atoms with E-state index in [1.165, 1.54) is 4.57 Å². The SMILES string of the molecule is Cc1cc(-c2ccc3nc(C4CCN(CC(=O)O)CC4)n(CCOC(F)(F)F)c3c2)cn(C)c1=O. The Kier molecular flexibility index (Phi) is 7.00. The molecule has 11 heteroatoms. The number of ether oxygens (including phenoxy) is 1. The van der Waals surface area contributed by atoms with Crippen LogP contribution in [0.1, 0.15) is 30.1 Å². The van der Waals surface area contributed by atoms with Gasteiger partial charge in [-0.1, -0.05) is 6.07 Å². The van der Waals surface area contributed by atoms with Crippen molar-refractivity contribution in [2.45, 2.75) is 38.6 Å². The van der Waals surface area contributed by atoms with Crippen LogP contribution in [0.15, 0.2) is 35.3 Å². The Labute approximate surface area is 199 Å². The maximum Gasteiger partial charge on any atom is 0.522 e. The van der Waals surface area contributed by atoms with E-state index in [-0.39, 0.29) is 24.6 Å². The number of aromatic nitrogens is 3. The number of nitrogens with zero attached hydrogens (tertiary/aromatic N) is 4. The van der Waals surface area contributed by atoms with E-state index < -0.39 is 18.9 Å². The number of likely N-dealkylation sites (tertiary alicyclic amines) is 1. The molecule has 0 radical (unpaired) electrons. The zero-order valence-corrected chi connectivity index (χ0v) is 19.5. The Morgan fingerprint density at radius 2 is 1.91 bits per heavy atom. The first-order valence-electron chi connectivity index (χ1n) is 11.3. The number of carboxylic acid groups (broad SMARTS) is 1. The second-order valence-corrected chi connectivity index (χ2v) is 8.89. The molecule has 0 atom stereocenters. The zero-order chi connectivity index (χ0) is 25.3. The number of piperidine rings is 1. The highest BCUT2D eigenvalue weighted by Gasteiger charge is 2.30. The van der Waals surface area contributed by atoms with Gasteiger partial charge in [-0.15, -0.1) is 13.2 Å². The lowest BCUT2D eigenvalue weighted by Gasteiger charge is -2.30. The van der Waals surface area contributed by atoms with Gasteiger partial charge in [0.1, 0.15) is 5.82 Å². The first-order chi connectivity index (χ1) is 16.5. The molecule has 1 aliphatic heterocycles. The summed E-state index contributed by atoms with van der Waals surface area (Å²) in [5.74, 6) is -0.225. The molecule has 0 unspecified atom stereocenters. The molecule has 2 aromatic heterocycles. The molecule has 1 aliphatic rings. The number of alkyl halides is 3. The van der Waals surface area contributed by atoms with Crippen molar-refractivity contribution in [2.24, 2.45) is 7.05 Å². The Hall–Kier alpha value is -3.18. The molecule has 1 fully saturated rings. The van der Waals surface area contributed by atoms with Crippen molar-refractivity contribution in [3.05, 3.63) is 52.2 Å². The number of fused-ring (bicyclic) bond motifs is 1. The fraction of sp³-hybridized carbons (Fsp3) is 0.458. The number of aryl methyl sites for hydroxylation is 2. The van der Waals surface area contributed by atoms with Gasteiger partial charge in [0.25, 0.3) is 5.56 Å². The van der Waals surface area contributed by atoms with Gasteiger partial charge in [0, 0.05) is 31.3 Å². The molecule has 3 heterocycles. The lowest BCUT2D eigenvalue weighted by Crippen LogP contribution is -2.37. The summed E-state index contributed by atoms with van der Waals surface area (Å²) in [5, 5.41) is 9.04. The standard InChI is InChI=1S/C24H27F3N4O4/c1-15-11-18(13-29(2)23(15)34)17-3-4-19-20(12-17)31(9-10-35-24(25,26)27)22(28-19)16-5-7-30(8-6-16)14-21(32)33/h3-4,11-13,16H,5-10,14H2,1-2H3,(H,32,33). The number of aliphatic carboxylic acids is 1. The fourth-order valence-corrected chi connectivity index (χ4v) is 4.70. The monoisotopic (exact) mass is 492 g/mol. The average molecular weight is 492 g/mol. The molecule has 0 amide bonds. The van der Waals surface area contributed by atoms with E-state index in [2.05, 4.69) is 4.74 Å². The molecule has 3 aromatic rings. The number of halogens is 3. The van der Waals surface area contributed by atoms with E-state index in [9.17, 15) is 22.8 Å². The predicted molar refractivity (Wildman–Crippen MR) is 123 cm³/mol. The number of pyridine rings is 1. The minimum atomic E-state index is -4.73. The lowest BCUT2D eigenvalue weighted by molar-refractivity contribution is -0.325. The molecule has 1 saturated heterocycles. The topological polar surface area (TPSA) is 89.6 Å². The van der Waals surface area contributed by atoms with E-state index in [0.717, 1.165) is 11.1 Å². The van der Waals surface area contributed by atoms with Crippen molar-refractivity contribution in [1.82, 2.24) is 19.0 Å². The van der Waals surface area contributed by atoms with E-state index in [1.54, 1.807) is 30.8 Å². The minimum absolute atomic E-state index is 0.0124. The molecule has 1 N–H and O–H groups in total. The number of hydrogen-bond donors (Lipinski definition) is 1. The van der Waals surface area contributed by atoms with Gasteiger partial charge in [-0.05, 0) is 62.2 Å². The maximum atomic E-state index is 12.7. The van der Waals surface area contributed by atoms with Crippen LogP contribution in [0.25, 0.3) is 22.2 Å². The second-order valence-electron chi connectivity index (χ2n) is 8.89. The highest BCUT2D eigenvalue weighted by atomic mass is 19.4. The summed E-state index contributed by atoms with van der Waals surface area (Å²) in [6.45, 7) is 2.26. The van der Waals surface area contributed by atoms with Gasteiger partial charge in [-0.3, -0.25) is 19.2 Å². The van der Waals surface area contributed by atoms with E-state index >= 15 is 0 Å². The van der Waals surface area contributed by atoms with Crippen LogP contribution in [-0.4, -0.2) is 62.7 Å². The number of benzene rings is 1. The van der Waals surface area contributed by atoms with Crippen LogP contribution < -0.4 is 5.56 Å². The van der Waals surface area contributed by atoms with Crippen LogP contribution >= 0.6 is 0 Å². The third-order valence-corrected chi connectivity index (χ3v) is 6.37. The number of imidazole rings is 1. The molecule has 0 bridgehead atoms. The van der Waals surface area contributed by atoms with Crippen molar-refractivity contribution >= 4 is 17.0 Å². The molecule has 1 aromatic carbocycles. The third kappa shape index (κ3) is 5.73. The van der Waals surface area contributed by atoms with Crippen LogP contribution in [0.4, 0.5) is 13.2 Å². The maximum absolute atomic E-state index is 12.7. The zero-order valence-electron chi connectivity index (χ0n) is 19.5. The summed E-state index contributed by atoms with van der Waals surface area (Å²) >= 11 is 0. The number of carbonyl (C=O) groups is 1. The Morgan fingerprint density at radius 3 is 2.54 bits per heavy atom. The largest absolute Gasteiger partial charge is 0.522 e. The quantitative estimate of drug-likeness (QED) is 0.543. The van der Waals surface area contributed by atoms with E-state index in [4.69, 9.17) is 10.1 Å². The van der Waals surface area contributed by atoms with Gasteiger partial charge in [0.05, 0.1) is 24.2 Å². The lowest BCUT2D eigenvalue weighted by atomic mass is 9.96. The Morgan fingerprint density at radius 1 is 1.20 bits per heavy atom. The number of rotatable bonds is 7.